The maximum atomic E-state index is 13.1. The van der Waals surface area contributed by atoms with E-state index in [1.807, 2.05) is 17.9 Å². The standard InChI is InChI=1S/C24H24ClN3O4/c1-15-6-11-19(32-2)18(14-15)28-23(30)20(25)21(24(28)31)26-17-9-7-16(8-10-17)22(29)27-12-4-3-5-13-27/h6-11,14,26H,3-5,12-13H2,1-2H3. The second-order valence-electron chi connectivity index (χ2n) is 7.87. The number of carbonyl (C=O) groups excluding carboxylic acids is 3. The predicted octanol–water partition coefficient (Wildman–Crippen LogP) is 4.07. The Bertz CT molecular complexity index is 1100. The van der Waals surface area contributed by atoms with Gasteiger partial charge in [0.15, 0.2) is 0 Å². The summed E-state index contributed by atoms with van der Waals surface area (Å²) in [6.45, 7) is 3.40. The first-order valence-corrected chi connectivity index (χ1v) is 10.9. The maximum Gasteiger partial charge on any atom is 0.283 e. The van der Waals surface area contributed by atoms with E-state index in [-0.39, 0.29) is 16.6 Å². The van der Waals surface area contributed by atoms with Crippen molar-refractivity contribution >= 4 is 40.7 Å². The van der Waals surface area contributed by atoms with E-state index in [9.17, 15) is 14.4 Å². The third-order valence-electron chi connectivity index (χ3n) is 5.65. The SMILES string of the molecule is COc1ccc(C)cc1N1C(=O)C(Cl)=C(Nc2ccc(C(=O)N3CCCCC3)cc2)C1=O. The molecule has 0 atom stereocenters. The van der Waals surface area contributed by atoms with Crippen LogP contribution in [0.2, 0.25) is 0 Å². The Hall–Kier alpha value is -3.32. The molecule has 2 aromatic rings. The highest BCUT2D eigenvalue weighted by atomic mass is 35.5. The largest absolute Gasteiger partial charge is 0.495 e. The van der Waals surface area contributed by atoms with E-state index < -0.39 is 11.8 Å². The quantitative estimate of drug-likeness (QED) is 0.690. The van der Waals surface area contributed by atoms with E-state index in [1.54, 1.807) is 36.4 Å². The van der Waals surface area contributed by atoms with E-state index in [2.05, 4.69) is 5.32 Å². The maximum absolute atomic E-state index is 13.1. The summed E-state index contributed by atoms with van der Waals surface area (Å²) in [7, 11) is 1.47. The minimum atomic E-state index is -0.625. The number of ether oxygens (including phenoxy) is 1. The van der Waals surface area contributed by atoms with E-state index in [0.717, 1.165) is 42.8 Å². The van der Waals surface area contributed by atoms with Gasteiger partial charge in [0.25, 0.3) is 17.7 Å². The summed E-state index contributed by atoms with van der Waals surface area (Å²) in [5.74, 6) is -0.806. The smallest absolute Gasteiger partial charge is 0.283 e. The molecular formula is C24H24ClN3O4. The molecule has 0 aliphatic carbocycles. The first-order valence-electron chi connectivity index (χ1n) is 10.5. The average Bonchev–Trinajstić information content (AvgIpc) is 3.02. The number of halogens is 1. The molecule has 0 unspecified atom stereocenters. The van der Waals surface area contributed by atoms with Crippen molar-refractivity contribution in [3.05, 3.63) is 64.3 Å². The molecule has 0 saturated carbocycles. The molecule has 7 nitrogen and oxygen atoms in total. The van der Waals surface area contributed by atoms with Crippen LogP contribution in [0.4, 0.5) is 11.4 Å². The summed E-state index contributed by atoms with van der Waals surface area (Å²) in [5.41, 5.74) is 2.31. The summed E-state index contributed by atoms with van der Waals surface area (Å²) in [5, 5.41) is 2.74. The Morgan fingerprint density at radius 2 is 1.69 bits per heavy atom. The fraction of sp³-hybridized carbons (Fsp3) is 0.292. The highest BCUT2D eigenvalue weighted by molar-refractivity contribution is 6.53. The summed E-state index contributed by atoms with van der Waals surface area (Å²) >= 11 is 6.24. The molecule has 166 valence electrons. The summed E-state index contributed by atoms with van der Waals surface area (Å²) in [6.07, 6.45) is 3.20. The highest BCUT2D eigenvalue weighted by Gasteiger charge is 2.40. The molecule has 1 saturated heterocycles. The number of likely N-dealkylation sites (tertiary alicyclic amines) is 1. The van der Waals surface area contributed by atoms with Gasteiger partial charge in [-0.1, -0.05) is 17.7 Å². The number of anilines is 2. The van der Waals surface area contributed by atoms with Gasteiger partial charge < -0.3 is 15.0 Å². The fourth-order valence-electron chi connectivity index (χ4n) is 3.92. The van der Waals surface area contributed by atoms with Crippen LogP contribution in [0.25, 0.3) is 0 Å². The van der Waals surface area contributed by atoms with Crippen LogP contribution in [0, 0.1) is 6.92 Å². The number of nitrogens with zero attached hydrogens (tertiary/aromatic N) is 2. The number of imide groups is 1. The number of rotatable bonds is 5. The van der Waals surface area contributed by atoms with Crippen molar-refractivity contribution in [2.75, 3.05) is 30.4 Å². The van der Waals surface area contributed by atoms with Gasteiger partial charge in [-0.3, -0.25) is 14.4 Å². The van der Waals surface area contributed by atoms with Crippen LogP contribution >= 0.6 is 11.6 Å². The van der Waals surface area contributed by atoms with Gasteiger partial charge >= 0.3 is 0 Å². The predicted molar refractivity (Wildman–Crippen MR) is 123 cm³/mol. The second-order valence-corrected chi connectivity index (χ2v) is 8.24. The van der Waals surface area contributed by atoms with Gasteiger partial charge in [-0.2, -0.15) is 0 Å². The number of piperidine rings is 1. The number of methoxy groups -OCH3 is 1. The molecule has 2 aliphatic heterocycles. The van der Waals surface area contributed by atoms with Crippen molar-refractivity contribution in [2.45, 2.75) is 26.2 Å². The third-order valence-corrected chi connectivity index (χ3v) is 6.00. The van der Waals surface area contributed by atoms with Gasteiger partial charge in [-0.25, -0.2) is 4.90 Å². The van der Waals surface area contributed by atoms with Gasteiger partial charge in [0.2, 0.25) is 0 Å². The Morgan fingerprint density at radius 1 is 1.00 bits per heavy atom. The van der Waals surface area contributed by atoms with Crippen molar-refractivity contribution in [3.63, 3.8) is 0 Å². The molecule has 0 bridgehead atoms. The van der Waals surface area contributed by atoms with E-state index >= 15 is 0 Å². The summed E-state index contributed by atoms with van der Waals surface area (Å²) < 4.78 is 5.32. The summed E-state index contributed by atoms with van der Waals surface area (Å²) in [6, 6.07) is 12.0. The summed E-state index contributed by atoms with van der Waals surface area (Å²) in [4.78, 5) is 41.4. The number of hydrogen-bond acceptors (Lipinski definition) is 5. The number of amides is 3. The van der Waals surface area contributed by atoms with Crippen LogP contribution in [-0.4, -0.2) is 42.8 Å². The molecule has 4 rings (SSSR count). The Morgan fingerprint density at radius 3 is 2.34 bits per heavy atom. The molecule has 32 heavy (non-hydrogen) atoms. The first kappa shape index (κ1) is 21.9. The number of nitrogens with one attached hydrogen (secondary N) is 1. The molecule has 2 aromatic carbocycles. The number of carbonyl (C=O) groups is 3. The van der Waals surface area contributed by atoms with Gasteiger partial charge in [0.1, 0.15) is 16.5 Å². The minimum Gasteiger partial charge on any atom is -0.495 e. The second kappa shape index (κ2) is 9.04. The zero-order valence-corrected chi connectivity index (χ0v) is 18.7. The van der Waals surface area contributed by atoms with E-state index in [0.29, 0.717) is 22.7 Å². The average molecular weight is 454 g/mol. The lowest BCUT2D eigenvalue weighted by atomic mass is 10.1. The molecule has 1 fully saturated rings. The van der Waals surface area contributed by atoms with Crippen LogP contribution in [0.3, 0.4) is 0 Å². The molecule has 0 radical (unpaired) electrons. The monoisotopic (exact) mass is 453 g/mol. The molecule has 0 aromatic heterocycles. The number of hydrogen-bond donors (Lipinski definition) is 1. The topological polar surface area (TPSA) is 79.0 Å². The Balaban J connectivity index is 1.53. The zero-order chi connectivity index (χ0) is 22.8. The lowest BCUT2D eigenvalue weighted by Gasteiger charge is -2.26. The van der Waals surface area contributed by atoms with Crippen LogP contribution in [0.1, 0.15) is 35.2 Å². The minimum absolute atomic E-state index is 0.00154. The van der Waals surface area contributed by atoms with Gasteiger partial charge in [-0.15, -0.1) is 0 Å². The molecule has 0 spiro atoms. The van der Waals surface area contributed by atoms with Crippen molar-refractivity contribution < 1.29 is 19.1 Å². The molecular weight excluding hydrogens is 430 g/mol. The first-order chi connectivity index (χ1) is 15.4. The van der Waals surface area contributed by atoms with Crippen molar-refractivity contribution in [3.8, 4) is 5.75 Å². The zero-order valence-electron chi connectivity index (χ0n) is 18.0. The van der Waals surface area contributed by atoms with Gasteiger partial charge in [0.05, 0.1) is 12.8 Å². The van der Waals surface area contributed by atoms with Crippen LogP contribution in [-0.2, 0) is 9.59 Å². The molecule has 2 aliphatic rings. The van der Waals surface area contributed by atoms with Crippen molar-refractivity contribution in [2.24, 2.45) is 0 Å². The van der Waals surface area contributed by atoms with Gasteiger partial charge in [0, 0.05) is 24.3 Å². The van der Waals surface area contributed by atoms with E-state index in [4.69, 9.17) is 16.3 Å². The molecule has 3 amide bonds. The lowest BCUT2D eigenvalue weighted by molar-refractivity contribution is -0.120. The third kappa shape index (κ3) is 4.08. The number of benzene rings is 2. The molecule has 1 N–H and O–H groups in total. The van der Waals surface area contributed by atoms with Crippen molar-refractivity contribution in [1.29, 1.82) is 0 Å². The lowest BCUT2D eigenvalue weighted by Crippen LogP contribution is -2.35. The molecule has 2 heterocycles. The van der Waals surface area contributed by atoms with Gasteiger partial charge in [-0.05, 0) is 68.1 Å². The Labute approximate surface area is 191 Å². The fourth-order valence-corrected chi connectivity index (χ4v) is 4.14. The molecule has 8 heteroatoms. The normalized spacial score (nSPS) is 16.6. The Kier molecular flexibility index (Phi) is 6.19. The van der Waals surface area contributed by atoms with Crippen molar-refractivity contribution in [1.82, 2.24) is 4.90 Å². The number of aryl methyl sites for hydroxylation is 1. The highest BCUT2D eigenvalue weighted by Crippen LogP contribution is 2.36. The van der Waals surface area contributed by atoms with Crippen LogP contribution < -0.4 is 15.0 Å². The van der Waals surface area contributed by atoms with E-state index in [1.165, 1.54) is 7.11 Å². The van der Waals surface area contributed by atoms with Crippen LogP contribution in [0.15, 0.2) is 53.2 Å². The van der Waals surface area contributed by atoms with Crippen LogP contribution in [0.5, 0.6) is 5.75 Å².